The van der Waals surface area contributed by atoms with E-state index >= 15 is 0 Å². The van der Waals surface area contributed by atoms with E-state index in [4.69, 9.17) is 23.2 Å². The number of fused-ring (bicyclic) bond motifs is 1. The first-order valence-corrected chi connectivity index (χ1v) is 8.09. The van der Waals surface area contributed by atoms with Crippen molar-refractivity contribution in [2.75, 3.05) is 10.6 Å². The smallest absolute Gasteiger partial charge is 0.308 e. The number of carbonyl (C=O) groups is 1. The van der Waals surface area contributed by atoms with Gasteiger partial charge in [-0.3, -0.25) is 9.20 Å². The standard InChI is InChI=1S/C14H10Cl2N4O2S/c1-7-11(12(21)20-4-5-23-14(20)17-7)19-13(22)18-8-2-3-9(15)10(16)6-8/h2-6H,1H3,(H2,18,19,22). The Morgan fingerprint density at radius 1 is 1.26 bits per heavy atom. The first kappa shape index (κ1) is 15.8. The van der Waals surface area contributed by atoms with Crippen LogP contribution in [0.5, 0.6) is 0 Å². The average Bonchev–Trinajstić information content (AvgIpc) is 2.95. The van der Waals surface area contributed by atoms with Crippen LogP contribution in [0, 0.1) is 6.92 Å². The molecule has 0 atom stereocenters. The molecule has 0 fully saturated rings. The molecular formula is C14H10Cl2N4O2S. The number of thiazole rings is 1. The van der Waals surface area contributed by atoms with E-state index in [1.54, 1.807) is 30.6 Å². The zero-order valence-electron chi connectivity index (χ0n) is 11.8. The van der Waals surface area contributed by atoms with Crippen molar-refractivity contribution in [2.24, 2.45) is 0 Å². The van der Waals surface area contributed by atoms with E-state index in [9.17, 15) is 9.59 Å². The van der Waals surface area contributed by atoms with Gasteiger partial charge in [-0.15, -0.1) is 11.3 Å². The SMILES string of the molecule is Cc1nc2sccn2c(=O)c1NC(=O)Nc1ccc(Cl)c(Cl)c1. The van der Waals surface area contributed by atoms with E-state index in [0.29, 0.717) is 26.4 Å². The van der Waals surface area contributed by atoms with Gasteiger partial charge < -0.3 is 10.6 Å². The molecule has 0 bridgehead atoms. The van der Waals surface area contributed by atoms with Crippen LogP contribution in [-0.2, 0) is 0 Å². The number of urea groups is 1. The van der Waals surface area contributed by atoms with E-state index in [1.165, 1.54) is 21.8 Å². The summed E-state index contributed by atoms with van der Waals surface area (Å²) in [5.74, 6) is 0. The van der Waals surface area contributed by atoms with Crippen LogP contribution >= 0.6 is 34.5 Å². The number of rotatable bonds is 2. The largest absolute Gasteiger partial charge is 0.323 e. The van der Waals surface area contributed by atoms with Gasteiger partial charge in [0.15, 0.2) is 4.96 Å². The van der Waals surface area contributed by atoms with Crippen LogP contribution in [0.25, 0.3) is 4.96 Å². The summed E-state index contributed by atoms with van der Waals surface area (Å²) in [4.78, 5) is 29.3. The quantitative estimate of drug-likeness (QED) is 0.717. The number of halogens is 2. The van der Waals surface area contributed by atoms with Gasteiger partial charge in [-0.1, -0.05) is 23.2 Å². The number of amides is 2. The van der Waals surface area contributed by atoms with Crippen molar-refractivity contribution in [3.8, 4) is 0 Å². The lowest BCUT2D eigenvalue weighted by atomic mass is 10.3. The zero-order chi connectivity index (χ0) is 16.6. The van der Waals surface area contributed by atoms with Crippen LogP contribution in [0.4, 0.5) is 16.2 Å². The predicted octanol–water partition coefficient (Wildman–Crippen LogP) is 4.02. The van der Waals surface area contributed by atoms with Gasteiger partial charge in [0.1, 0.15) is 5.69 Å². The van der Waals surface area contributed by atoms with Crippen LogP contribution < -0.4 is 16.2 Å². The number of aryl methyl sites for hydroxylation is 1. The summed E-state index contributed by atoms with van der Waals surface area (Å²) in [7, 11) is 0. The zero-order valence-corrected chi connectivity index (χ0v) is 14.1. The maximum absolute atomic E-state index is 12.3. The Kier molecular flexibility index (Phi) is 4.25. The lowest BCUT2D eigenvalue weighted by Crippen LogP contribution is -2.27. The Balaban J connectivity index is 1.85. The molecule has 1 aromatic carbocycles. The first-order chi connectivity index (χ1) is 11.0. The topological polar surface area (TPSA) is 75.5 Å². The molecule has 2 N–H and O–H groups in total. The van der Waals surface area contributed by atoms with E-state index in [0.717, 1.165) is 0 Å². The molecule has 118 valence electrons. The van der Waals surface area contributed by atoms with Gasteiger partial charge in [-0.25, -0.2) is 9.78 Å². The van der Waals surface area contributed by atoms with Gasteiger partial charge in [-0.05, 0) is 25.1 Å². The fourth-order valence-corrected chi connectivity index (χ4v) is 3.03. The van der Waals surface area contributed by atoms with Crippen molar-refractivity contribution in [1.82, 2.24) is 9.38 Å². The van der Waals surface area contributed by atoms with Crippen LogP contribution in [0.1, 0.15) is 5.69 Å². The van der Waals surface area contributed by atoms with E-state index < -0.39 is 6.03 Å². The number of nitrogens with one attached hydrogen (secondary N) is 2. The Hall–Kier alpha value is -2.09. The minimum Gasteiger partial charge on any atom is -0.308 e. The van der Waals surface area contributed by atoms with Gasteiger partial charge in [0.05, 0.1) is 15.7 Å². The summed E-state index contributed by atoms with van der Waals surface area (Å²) in [5, 5.41) is 7.58. The molecule has 0 saturated heterocycles. The van der Waals surface area contributed by atoms with Crippen molar-refractivity contribution < 1.29 is 4.79 Å². The van der Waals surface area contributed by atoms with Gasteiger partial charge in [0.2, 0.25) is 0 Å². The lowest BCUT2D eigenvalue weighted by Gasteiger charge is -2.09. The minimum atomic E-state index is -0.569. The summed E-state index contributed by atoms with van der Waals surface area (Å²) in [6.45, 7) is 1.66. The van der Waals surface area contributed by atoms with Crippen LogP contribution in [-0.4, -0.2) is 15.4 Å². The third-order valence-electron chi connectivity index (χ3n) is 3.06. The Morgan fingerprint density at radius 3 is 2.78 bits per heavy atom. The fourth-order valence-electron chi connectivity index (χ4n) is 1.98. The van der Waals surface area contributed by atoms with Crippen molar-refractivity contribution in [2.45, 2.75) is 6.92 Å². The summed E-state index contributed by atoms with van der Waals surface area (Å²) in [6, 6.07) is 4.12. The van der Waals surface area contributed by atoms with Gasteiger partial charge in [0, 0.05) is 17.3 Å². The number of aromatic nitrogens is 2. The molecule has 2 heterocycles. The average molecular weight is 369 g/mol. The highest BCUT2D eigenvalue weighted by Crippen LogP contribution is 2.25. The number of hydrogen-bond donors (Lipinski definition) is 2. The minimum absolute atomic E-state index is 0.124. The molecule has 3 aromatic rings. The maximum atomic E-state index is 12.3. The van der Waals surface area contributed by atoms with Crippen molar-refractivity contribution >= 4 is 56.9 Å². The molecule has 0 aliphatic carbocycles. The number of benzene rings is 1. The van der Waals surface area contributed by atoms with Crippen molar-refractivity contribution in [1.29, 1.82) is 0 Å². The molecule has 0 radical (unpaired) electrons. The molecule has 0 spiro atoms. The summed E-state index contributed by atoms with van der Waals surface area (Å²) < 4.78 is 1.38. The van der Waals surface area contributed by atoms with Crippen LogP contribution in [0.15, 0.2) is 34.6 Å². The lowest BCUT2D eigenvalue weighted by molar-refractivity contribution is 0.262. The van der Waals surface area contributed by atoms with E-state index in [1.807, 2.05) is 0 Å². The highest BCUT2D eigenvalue weighted by Gasteiger charge is 2.13. The second-order valence-corrected chi connectivity index (χ2v) is 6.33. The third-order valence-corrected chi connectivity index (χ3v) is 4.56. The molecular weight excluding hydrogens is 359 g/mol. The Morgan fingerprint density at radius 2 is 2.04 bits per heavy atom. The van der Waals surface area contributed by atoms with Crippen LogP contribution in [0.2, 0.25) is 10.0 Å². The van der Waals surface area contributed by atoms with Crippen molar-refractivity contribution in [3.63, 3.8) is 0 Å². The molecule has 3 rings (SSSR count). The predicted molar refractivity (Wildman–Crippen MR) is 93.2 cm³/mol. The van der Waals surface area contributed by atoms with Gasteiger partial charge >= 0.3 is 6.03 Å². The maximum Gasteiger partial charge on any atom is 0.323 e. The number of hydrogen-bond acceptors (Lipinski definition) is 4. The second-order valence-electron chi connectivity index (χ2n) is 4.64. The van der Waals surface area contributed by atoms with Crippen molar-refractivity contribution in [3.05, 3.63) is 55.9 Å². The van der Waals surface area contributed by atoms with E-state index in [-0.39, 0.29) is 11.2 Å². The molecule has 9 heteroatoms. The highest BCUT2D eigenvalue weighted by atomic mass is 35.5. The molecule has 2 aromatic heterocycles. The fraction of sp³-hybridized carbons (Fsp3) is 0.0714. The Bertz CT molecular complexity index is 967. The van der Waals surface area contributed by atoms with Crippen LogP contribution in [0.3, 0.4) is 0 Å². The van der Waals surface area contributed by atoms with E-state index in [2.05, 4.69) is 15.6 Å². The van der Waals surface area contributed by atoms with Gasteiger partial charge in [0.25, 0.3) is 5.56 Å². The molecule has 6 nitrogen and oxygen atoms in total. The molecule has 2 amide bonds. The normalized spacial score (nSPS) is 10.7. The molecule has 0 unspecified atom stereocenters. The molecule has 0 aliphatic rings. The number of nitrogens with zero attached hydrogens (tertiary/aromatic N) is 2. The third kappa shape index (κ3) is 3.17. The number of carbonyl (C=O) groups excluding carboxylic acids is 1. The second kappa shape index (κ2) is 6.19. The highest BCUT2D eigenvalue weighted by molar-refractivity contribution is 7.15. The summed E-state index contributed by atoms with van der Waals surface area (Å²) >= 11 is 13.1. The molecule has 0 saturated carbocycles. The number of anilines is 2. The monoisotopic (exact) mass is 368 g/mol. The summed E-state index contributed by atoms with van der Waals surface area (Å²) in [6.07, 6.45) is 1.61. The van der Waals surface area contributed by atoms with Gasteiger partial charge in [-0.2, -0.15) is 0 Å². The summed E-state index contributed by atoms with van der Waals surface area (Å²) in [5.41, 5.74) is 0.692. The molecule has 0 aliphatic heterocycles. The Labute approximate surface area is 144 Å². The first-order valence-electron chi connectivity index (χ1n) is 6.45. The molecule has 23 heavy (non-hydrogen) atoms.